The van der Waals surface area contributed by atoms with E-state index in [1.807, 2.05) is 17.0 Å². The fourth-order valence-electron chi connectivity index (χ4n) is 4.06. The summed E-state index contributed by atoms with van der Waals surface area (Å²) in [4.78, 5) is 27.1. The molecule has 12 nitrogen and oxygen atoms in total. The first-order valence-electron chi connectivity index (χ1n) is 11.7. The highest BCUT2D eigenvalue weighted by atomic mass is 32.2. The van der Waals surface area contributed by atoms with E-state index in [2.05, 4.69) is 35.2 Å². The number of benzene rings is 1. The summed E-state index contributed by atoms with van der Waals surface area (Å²) in [6, 6.07) is 11.4. The number of sulfonamides is 1. The van der Waals surface area contributed by atoms with Crippen LogP contribution in [0.3, 0.4) is 0 Å². The molecule has 1 aliphatic heterocycles. The number of piperidine rings is 1. The van der Waals surface area contributed by atoms with Crippen molar-refractivity contribution in [2.24, 2.45) is 5.92 Å². The SMILES string of the molecule is Cc1ccnc(NS(=O)(=O)c2ccc(NC(=O)C3CCCN(c4ccc(-n5ccnc5)nn4)C3)cc2)n1. The molecule has 0 saturated carbocycles. The zero-order chi connectivity index (χ0) is 25.8. The molecule has 5 rings (SSSR count). The zero-order valence-corrected chi connectivity index (χ0v) is 20.8. The van der Waals surface area contributed by atoms with E-state index in [0.29, 0.717) is 29.6 Å². The summed E-state index contributed by atoms with van der Waals surface area (Å²) in [5.41, 5.74) is 1.16. The lowest BCUT2D eigenvalue weighted by Gasteiger charge is -2.32. The number of carbonyl (C=O) groups is 1. The number of amides is 1. The first-order chi connectivity index (χ1) is 17.9. The van der Waals surface area contributed by atoms with Crippen LogP contribution in [0.4, 0.5) is 17.5 Å². The largest absolute Gasteiger partial charge is 0.354 e. The van der Waals surface area contributed by atoms with Crippen LogP contribution in [-0.2, 0) is 14.8 Å². The molecule has 1 unspecified atom stereocenters. The van der Waals surface area contributed by atoms with Crippen LogP contribution in [0.2, 0.25) is 0 Å². The Morgan fingerprint density at radius 3 is 2.51 bits per heavy atom. The Morgan fingerprint density at radius 1 is 1.03 bits per heavy atom. The molecule has 1 aromatic carbocycles. The van der Waals surface area contributed by atoms with Crippen LogP contribution in [0.15, 0.2) is 72.3 Å². The van der Waals surface area contributed by atoms with Crippen molar-refractivity contribution in [2.75, 3.05) is 28.0 Å². The maximum absolute atomic E-state index is 13.0. The van der Waals surface area contributed by atoms with Gasteiger partial charge in [0.15, 0.2) is 11.6 Å². The number of anilines is 3. The molecular formula is C24H25N9O3S. The second-order valence-electron chi connectivity index (χ2n) is 8.65. The summed E-state index contributed by atoms with van der Waals surface area (Å²) < 4.78 is 29.4. The smallest absolute Gasteiger partial charge is 0.264 e. The van der Waals surface area contributed by atoms with Crippen molar-refractivity contribution < 1.29 is 13.2 Å². The van der Waals surface area contributed by atoms with Gasteiger partial charge in [0.1, 0.15) is 6.33 Å². The molecule has 2 N–H and O–H groups in total. The van der Waals surface area contributed by atoms with Crippen LogP contribution in [0.25, 0.3) is 5.82 Å². The number of hydrogen-bond acceptors (Lipinski definition) is 9. The lowest BCUT2D eigenvalue weighted by atomic mass is 9.97. The summed E-state index contributed by atoms with van der Waals surface area (Å²) in [5.74, 6) is 1.00. The van der Waals surface area contributed by atoms with E-state index in [1.165, 1.54) is 18.3 Å². The molecule has 13 heteroatoms. The second-order valence-corrected chi connectivity index (χ2v) is 10.3. The van der Waals surface area contributed by atoms with Gasteiger partial charge in [0, 0.05) is 43.1 Å². The van der Waals surface area contributed by atoms with Crippen LogP contribution < -0.4 is 14.9 Å². The molecule has 1 saturated heterocycles. The highest BCUT2D eigenvalue weighted by molar-refractivity contribution is 7.92. The summed E-state index contributed by atoms with van der Waals surface area (Å²) >= 11 is 0. The van der Waals surface area contributed by atoms with Crippen LogP contribution in [0.1, 0.15) is 18.5 Å². The third kappa shape index (κ3) is 5.72. The van der Waals surface area contributed by atoms with E-state index < -0.39 is 10.0 Å². The number of carbonyl (C=O) groups excluding carboxylic acids is 1. The van der Waals surface area contributed by atoms with E-state index in [4.69, 9.17) is 0 Å². The van der Waals surface area contributed by atoms with E-state index in [-0.39, 0.29) is 22.7 Å². The van der Waals surface area contributed by atoms with Gasteiger partial charge in [-0.2, -0.15) is 0 Å². The molecule has 0 aliphatic carbocycles. The van der Waals surface area contributed by atoms with E-state index in [9.17, 15) is 13.2 Å². The van der Waals surface area contributed by atoms with Crippen molar-refractivity contribution in [2.45, 2.75) is 24.7 Å². The molecular weight excluding hydrogens is 494 g/mol. The molecule has 4 heterocycles. The molecule has 3 aromatic heterocycles. The van der Waals surface area contributed by atoms with Gasteiger partial charge in [-0.05, 0) is 62.2 Å². The van der Waals surface area contributed by atoms with Gasteiger partial charge < -0.3 is 10.2 Å². The second kappa shape index (κ2) is 10.3. The predicted octanol–water partition coefficient (Wildman–Crippen LogP) is 2.42. The van der Waals surface area contributed by atoms with E-state index >= 15 is 0 Å². The molecule has 4 aromatic rings. The molecule has 0 bridgehead atoms. The average molecular weight is 520 g/mol. The van der Waals surface area contributed by atoms with E-state index in [1.54, 1.807) is 48.4 Å². The van der Waals surface area contributed by atoms with Gasteiger partial charge in [-0.3, -0.25) is 9.36 Å². The summed E-state index contributed by atoms with van der Waals surface area (Å²) in [6.07, 6.45) is 8.19. The van der Waals surface area contributed by atoms with Gasteiger partial charge in [0.05, 0.1) is 10.8 Å². The van der Waals surface area contributed by atoms with Crippen molar-refractivity contribution in [3.63, 3.8) is 0 Å². The predicted molar refractivity (Wildman–Crippen MR) is 137 cm³/mol. The van der Waals surface area contributed by atoms with Gasteiger partial charge in [-0.1, -0.05) is 0 Å². The lowest BCUT2D eigenvalue weighted by Crippen LogP contribution is -2.41. The fraction of sp³-hybridized carbons (Fsp3) is 0.250. The Kier molecular flexibility index (Phi) is 6.77. The van der Waals surface area contributed by atoms with Crippen LogP contribution >= 0.6 is 0 Å². The van der Waals surface area contributed by atoms with Crippen LogP contribution in [-0.4, -0.2) is 57.1 Å². The lowest BCUT2D eigenvalue weighted by molar-refractivity contribution is -0.120. The molecule has 37 heavy (non-hydrogen) atoms. The number of aryl methyl sites for hydroxylation is 1. The Morgan fingerprint density at radius 2 is 1.81 bits per heavy atom. The van der Waals surface area contributed by atoms with Gasteiger partial charge in [0.25, 0.3) is 10.0 Å². The number of nitrogens with one attached hydrogen (secondary N) is 2. The van der Waals surface area contributed by atoms with Crippen molar-refractivity contribution in [3.05, 3.63) is 73.1 Å². The topological polar surface area (TPSA) is 148 Å². The fourth-order valence-corrected chi connectivity index (χ4v) is 5.01. The number of imidazole rings is 1. The Hall–Kier alpha value is -4.39. The summed E-state index contributed by atoms with van der Waals surface area (Å²) in [6.45, 7) is 3.04. The molecule has 1 aliphatic rings. The highest BCUT2D eigenvalue weighted by Gasteiger charge is 2.27. The third-order valence-electron chi connectivity index (χ3n) is 5.97. The van der Waals surface area contributed by atoms with Crippen LogP contribution in [0, 0.1) is 12.8 Å². The maximum atomic E-state index is 13.0. The van der Waals surface area contributed by atoms with Gasteiger partial charge in [-0.15, -0.1) is 10.2 Å². The minimum Gasteiger partial charge on any atom is -0.354 e. The van der Waals surface area contributed by atoms with Gasteiger partial charge >= 0.3 is 0 Å². The minimum atomic E-state index is -3.86. The number of aromatic nitrogens is 6. The minimum absolute atomic E-state index is 0.000269. The molecule has 1 atom stereocenters. The van der Waals surface area contributed by atoms with E-state index in [0.717, 1.165) is 19.4 Å². The molecule has 1 fully saturated rings. The highest BCUT2D eigenvalue weighted by Crippen LogP contribution is 2.24. The first-order valence-corrected chi connectivity index (χ1v) is 13.2. The Balaban J connectivity index is 1.20. The summed E-state index contributed by atoms with van der Waals surface area (Å²) in [5, 5.41) is 11.5. The van der Waals surface area contributed by atoms with Crippen LogP contribution in [0.5, 0.6) is 0 Å². The van der Waals surface area contributed by atoms with Crippen molar-refractivity contribution in [1.29, 1.82) is 0 Å². The monoisotopic (exact) mass is 519 g/mol. The van der Waals surface area contributed by atoms with Gasteiger partial charge in [-0.25, -0.2) is 28.1 Å². The van der Waals surface area contributed by atoms with Crippen molar-refractivity contribution in [1.82, 2.24) is 29.7 Å². The summed E-state index contributed by atoms with van der Waals surface area (Å²) in [7, 11) is -3.86. The normalized spacial score (nSPS) is 15.8. The standard InChI is InChI=1S/C24H25N9O3S/c1-17-10-11-26-24(27-17)31-37(35,36)20-6-4-19(5-7-20)28-23(34)18-3-2-13-32(15-18)21-8-9-22(30-29-21)33-14-12-25-16-33/h4-12,14,16,18H,2-3,13,15H2,1H3,(H,28,34)(H,26,27,31). The molecule has 0 radical (unpaired) electrons. The van der Waals surface area contributed by atoms with Crippen molar-refractivity contribution >= 4 is 33.4 Å². The third-order valence-corrected chi connectivity index (χ3v) is 7.32. The zero-order valence-electron chi connectivity index (χ0n) is 20.0. The quantitative estimate of drug-likeness (QED) is 0.375. The van der Waals surface area contributed by atoms with Crippen molar-refractivity contribution in [3.8, 4) is 5.82 Å². The Bertz CT molecular complexity index is 1470. The number of rotatable bonds is 7. The molecule has 0 spiro atoms. The number of hydrogen-bond donors (Lipinski definition) is 2. The Labute approximate surface area is 213 Å². The van der Waals surface area contributed by atoms with Gasteiger partial charge in [0.2, 0.25) is 11.9 Å². The first kappa shape index (κ1) is 24.3. The molecule has 1 amide bonds. The maximum Gasteiger partial charge on any atom is 0.264 e. The number of nitrogens with zero attached hydrogens (tertiary/aromatic N) is 7. The average Bonchev–Trinajstić information content (AvgIpc) is 3.44. The molecule has 190 valence electrons.